The van der Waals surface area contributed by atoms with Crippen LogP contribution in [0.5, 0.6) is 0 Å². The van der Waals surface area contributed by atoms with Crippen molar-refractivity contribution in [3.05, 3.63) is 54.1 Å². The first-order chi connectivity index (χ1) is 10.3. The second-order valence-corrected chi connectivity index (χ2v) is 4.91. The summed E-state index contributed by atoms with van der Waals surface area (Å²) in [4.78, 5) is 8.25. The fourth-order valence-corrected chi connectivity index (χ4v) is 2.63. The number of piperazine rings is 1. The van der Waals surface area contributed by atoms with Crippen LogP contribution in [0.3, 0.4) is 0 Å². The van der Waals surface area contributed by atoms with E-state index in [1.54, 1.807) is 18.3 Å². The van der Waals surface area contributed by atoms with Gasteiger partial charge >= 0.3 is 0 Å². The normalized spacial score (nSPS) is 14.9. The van der Waals surface area contributed by atoms with E-state index in [-0.39, 0.29) is 5.82 Å². The molecule has 106 valence electrons. The summed E-state index contributed by atoms with van der Waals surface area (Å²) in [6, 6.07) is 12.7. The van der Waals surface area contributed by atoms with Gasteiger partial charge in [0.2, 0.25) is 0 Å². The smallest absolute Gasteiger partial charge is 0.163 e. The summed E-state index contributed by atoms with van der Waals surface area (Å²) < 4.78 is 13.8. The van der Waals surface area contributed by atoms with Gasteiger partial charge in [0.05, 0.1) is 11.4 Å². The number of benzene rings is 1. The summed E-state index contributed by atoms with van der Waals surface area (Å²) in [5.74, 6) is -0.190. The molecule has 1 aliphatic rings. The first-order valence-corrected chi connectivity index (χ1v) is 6.89. The van der Waals surface area contributed by atoms with E-state index in [0.717, 1.165) is 31.9 Å². The zero-order valence-corrected chi connectivity index (χ0v) is 11.5. The molecule has 0 spiro atoms. The van der Waals surface area contributed by atoms with Gasteiger partial charge in [-0.05, 0) is 24.3 Å². The van der Waals surface area contributed by atoms with Gasteiger partial charge in [0, 0.05) is 32.4 Å². The van der Waals surface area contributed by atoms with Crippen molar-refractivity contribution in [1.29, 1.82) is 5.26 Å². The number of aromatic nitrogens is 1. The number of halogens is 1. The third-order valence-corrected chi connectivity index (χ3v) is 3.71. The number of anilines is 2. The minimum absolute atomic E-state index is 0.190. The largest absolute Gasteiger partial charge is 0.366 e. The van der Waals surface area contributed by atoms with Crippen LogP contribution in [0, 0.1) is 17.1 Å². The van der Waals surface area contributed by atoms with E-state index in [1.165, 1.54) is 6.07 Å². The van der Waals surface area contributed by atoms with E-state index >= 15 is 0 Å². The van der Waals surface area contributed by atoms with Crippen LogP contribution < -0.4 is 9.80 Å². The van der Waals surface area contributed by atoms with Crippen LogP contribution in [0.25, 0.3) is 0 Å². The molecule has 1 fully saturated rings. The van der Waals surface area contributed by atoms with Crippen LogP contribution in [0.2, 0.25) is 0 Å². The third kappa shape index (κ3) is 2.65. The molecule has 4 nitrogen and oxygen atoms in total. The summed E-state index contributed by atoms with van der Waals surface area (Å²) in [7, 11) is 0. The quantitative estimate of drug-likeness (QED) is 0.848. The van der Waals surface area contributed by atoms with Crippen LogP contribution in [-0.2, 0) is 0 Å². The topological polar surface area (TPSA) is 43.2 Å². The van der Waals surface area contributed by atoms with Crippen molar-refractivity contribution in [3.8, 4) is 6.07 Å². The van der Waals surface area contributed by atoms with E-state index in [1.807, 2.05) is 23.1 Å². The summed E-state index contributed by atoms with van der Waals surface area (Å²) in [6.07, 6.45) is 1.62. The molecule has 0 atom stereocenters. The van der Waals surface area contributed by atoms with E-state index in [9.17, 15) is 4.39 Å². The molecule has 5 heteroatoms. The van der Waals surface area contributed by atoms with Gasteiger partial charge in [0.15, 0.2) is 5.69 Å². The van der Waals surface area contributed by atoms with Crippen LogP contribution >= 0.6 is 0 Å². The Hall–Kier alpha value is -2.61. The fraction of sp³-hybridized carbons (Fsp3) is 0.250. The number of hydrogen-bond donors (Lipinski definition) is 0. The van der Waals surface area contributed by atoms with Gasteiger partial charge < -0.3 is 9.80 Å². The van der Waals surface area contributed by atoms with Crippen LogP contribution in [0.4, 0.5) is 15.8 Å². The van der Waals surface area contributed by atoms with E-state index in [0.29, 0.717) is 11.4 Å². The van der Waals surface area contributed by atoms with Crippen molar-refractivity contribution in [2.75, 3.05) is 36.0 Å². The molecular formula is C16H15FN4. The summed E-state index contributed by atoms with van der Waals surface area (Å²) in [5, 5.41) is 9.12. The monoisotopic (exact) mass is 282 g/mol. The lowest BCUT2D eigenvalue weighted by molar-refractivity contribution is 0.597. The summed E-state index contributed by atoms with van der Waals surface area (Å²) in [6.45, 7) is 2.94. The van der Waals surface area contributed by atoms with Crippen molar-refractivity contribution < 1.29 is 4.39 Å². The molecule has 2 heterocycles. The molecule has 0 amide bonds. The Kier molecular flexibility index (Phi) is 3.69. The van der Waals surface area contributed by atoms with Gasteiger partial charge in [-0.1, -0.05) is 12.1 Å². The highest BCUT2D eigenvalue weighted by molar-refractivity contribution is 5.57. The molecule has 21 heavy (non-hydrogen) atoms. The average molecular weight is 282 g/mol. The molecule has 2 aromatic rings. The molecule has 0 N–H and O–H groups in total. The maximum Gasteiger partial charge on any atom is 0.163 e. The molecule has 0 unspecified atom stereocenters. The van der Waals surface area contributed by atoms with Gasteiger partial charge in [-0.3, -0.25) is 0 Å². The van der Waals surface area contributed by atoms with Gasteiger partial charge in [-0.25, -0.2) is 9.37 Å². The number of rotatable bonds is 2. The molecular weight excluding hydrogens is 267 g/mol. The number of hydrogen-bond acceptors (Lipinski definition) is 4. The Morgan fingerprint density at radius 1 is 0.952 bits per heavy atom. The fourth-order valence-electron chi connectivity index (χ4n) is 2.63. The van der Waals surface area contributed by atoms with Crippen LogP contribution in [-0.4, -0.2) is 31.2 Å². The Bertz CT molecular complexity index is 672. The second-order valence-electron chi connectivity index (χ2n) is 4.91. The van der Waals surface area contributed by atoms with Crippen molar-refractivity contribution in [1.82, 2.24) is 4.98 Å². The highest BCUT2D eigenvalue weighted by Crippen LogP contribution is 2.23. The van der Waals surface area contributed by atoms with Crippen molar-refractivity contribution >= 4 is 11.4 Å². The molecule has 0 radical (unpaired) electrons. The zero-order chi connectivity index (χ0) is 14.7. The summed E-state index contributed by atoms with van der Waals surface area (Å²) in [5.41, 5.74) is 1.94. The maximum atomic E-state index is 13.8. The van der Waals surface area contributed by atoms with Crippen molar-refractivity contribution in [2.45, 2.75) is 0 Å². The standard InChI is InChI=1S/C16H15FN4/c17-13-4-1-2-5-15(13)20-8-10-21(11-9-20)16-6-3-7-19-14(16)12-18/h1-7H,8-11H2. The number of nitriles is 1. The number of nitrogens with zero attached hydrogens (tertiary/aromatic N) is 4. The minimum atomic E-state index is -0.190. The first-order valence-electron chi connectivity index (χ1n) is 6.89. The van der Waals surface area contributed by atoms with Crippen molar-refractivity contribution in [3.63, 3.8) is 0 Å². The predicted molar refractivity (Wildman–Crippen MR) is 79.8 cm³/mol. The lowest BCUT2D eigenvalue weighted by Crippen LogP contribution is -2.47. The number of pyridine rings is 1. The van der Waals surface area contributed by atoms with E-state index in [4.69, 9.17) is 5.26 Å². The lowest BCUT2D eigenvalue weighted by Gasteiger charge is -2.37. The highest BCUT2D eigenvalue weighted by Gasteiger charge is 2.21. The Labute approximate surface area is 123 Å². The number of para-hydroxylation sites is 1. The molecule has 1 saturated heterocycles. The SMILES string of the molecule is N#Cc1ncccc1N1CCN(c2ccccc2F)CC1. The summed E-state index contributed by atoms with van der Waals surface area (Å²) >= 11 is 0. The third-order valence-electron chi connectivity index (χ3n) is 3.71. The molecule has 1 aromatic carbocycles. The second kappa shape index (κ2) is 5.80. The Morgan fingerprint density at radius 3 is 2.24 bits per heavy atom. The van der Waals surface area contributed by atoms with Crippen molar-refractivity contribution in [2.24, 2.45) is 0 Å². The Morgan fingerprint density at radius 2 is 1.57 bits per heavy atom. The van der Waals surface area contributed by atoms with Crippen LogP contribution in [0.15, 0.2) is 42.6 Å². The zero-order valence-electron chi connectivity index (χ0n) is 11.5. The molecule has 0 bridgehead atoms. The molecule has 3 rings (SSSR count). The van der Waals surface area contributed by atoms with Gasteiger partial charge in [-0.15, -0.1) is 0 Å². The van der Waals surface area contributed by atoms with Gasteiger partial charge in [-0.2, -0.15) is 5.26 Å². The van der Waals surface area contributed by atoms with Gasteiger partial charge in [0.25, 0.3) is 0 Å². The maximum absolute atomic E-state index is 13.8. The van der Waals surface area contributed by atoms with E-state index < -0.39 is 0 Å². The molecule has 0 aliphatic carbocycles. The van der Waals surface area contributed by atoms with Gasteiger partial charge in [0.1, 0.15) is 11.9 Å². The molecule has 1 aliphatic heterocycles. The van der Waals surface area contributed by atoms with Crippen LogP contribution in [0.1, 0.15) is 5.69 Å². The minimum Gasteiger partial charge on any atom is -0.366 e. The Balaban J connectivity index is 1.74. The predicted octanol–water partition coefficient (Wildman–Crippen LogP) is 2.42. The lowest BCUT2D eigenvalue weighted by atomic mass is 10.2. The first kappa shape index (κ1) is 13.4. The van der Waals surface area contributed by atoms with E-state index in [2.05, 4.69) is 16.0 Å². The average Bonchev–Trinajstić information content (AvgIpc) is 2.55. The molecule has 1 aromatic heterocycles. The highest BCUT2D eigenvalue weighted by atomic mass is 19.1. The molecule has 0 saturated carbocycles.